The Morgan fingerprint density at radius 2 is 2.04 bits per heavy atom. The number of fused-ring (bicyclic) bond motifs is 1. The van der Waals surface area contributed by atoms with Crippen LogP contribution in [0.1, 0.15) is 12.7 Å². The first kappa shape index (κ1) is 15.4. The second-order valence-electron chi connectivity index (χ2n) is 5.06. The highest BCUT2D eigenvalue weighted by Crippen LogP contribution is 2.18. The largest absolute Gasteiger partial charge is 0.484 e. The standard InChI is InChI=1S/C17H16ClN3O2/c1-2-16-20-14-8-5-12(9-15(14)21-16)19-17(22)10-23-13-6-3-11(18)4-7-13/h3-9H,2,10H2,1H3,(H,19,22)(H,20,21). The molecule has 118 valence electrons. The molecule has 0 radical (unpaired) electrons. The number of aryl methyl sites for hydroxylation is 1. The summed E-state index contributed by atoms with van der Waals surface area (Å²) in [6.45, 7) is 1.97. The summed E-state index contributed by atoms with van der Waals surface area (Å²) < 4.78 is 5.41. The van der Waals surface area contributed by atoms with Crippen molar-refractivity contribution in [2.45, 2.75) is 13.3 Å². The number of rotatable bonds is 5. The first-order valence-corrected chi connectivity index (χ1v) is 7.68. The van der Waals surface area contributed by atoms with E-state index >= 15 is 0 Å². The monoisotopic (exact) mass is 329 g/mol. The van der Waals surface area contributed by atoms with Gasteiger partial charge in [0.25, 0.3) is 5.91 Å². The zero-order valence-electron chi connectivity index (χ0n) is 12.6. The van der Waals surface area contributed by atoms with Crippen molar-refractivity contribution < 1.29 is 9.53 Å². The Kier molecular flexibility index (Phi) is 4.48. The summed E-state index contributed by atoms with van der Waals surface area (Å²) in [7, 11) is 0. The number of ether oxygens (including phenoxy) is 1. The average Bonchev–Trinajstić information content (AvgIpc) is 2.97. The van der Waals surface area contributed by atoms with E-state index in [0.29, 0.717) is 16.5 Å². The van der Waals surface area contributed by atoms with Crippen LogP contribution in [0.25, 0.3) is 11.0 Å². The molecule has 6 heteroatoms. The number of hydrogen-bond donors (Lipinski definition) is 2. The fourth-order valence-electron chi connectivity index (χ4n) is 2.18. The van der Waals surface area contributed by atoms with E-state index in [-0.39, 0.29) is 12.5 Å². The number of hydrogen-bond acceptors (Lipinski definition) is 3. The van der Waals surface area contributed by atoms with Crippen molar-refractivity contribution in [3.63, 3.8) is 0 Å². The SMILES string of the molecule is CCc1nc2ccc(NC(=O)COc3ccc(Cl)cc3)cc2[nH]1. The molecule has 0 spiro atoms. The second kappa shape index (κ2) is 6.71. The van der Waals surface area contributed by atoms with Gasteiger partial charge in [0.15, 0.2) is 6.61 Å². The summed E-state index contributed by atoms with van der Waals surface area (Å²) in [5, 5.41) is 3.43. The number of halogens is 1. The molecule has 0 aliphatic heterocycles. The van der Waals surface area contributed by atoms with E-state index in [1.807, 2.05) is 25.1 Å². The van der Waals surface area contributed by atoms with Crippen LogP contribution in [-0.2, 0) is 11.2 Å². The molecule has 1 heterocycles. The molecule has 0 atom stereocenters. The van der Waals surface area contributed by atoms with Crippen LogP contribution in [0, 0.1) is 0 Å². The summed E-state index contributed by atoms with van der Waals surface area (Å²) in [4.78, 5) is 19.6. The van der Waals surface area contributed by atoms with Gasteiger partial charge in [0.05, 0.1) is 11.0 Å². The predicted molar refractivity (Wildman–Crippen MR) is 91.0 cm³/mol. The van der Waals surface area contributed by atoms with Gasteiger partial charge in [-0.25, -0.2) is 4.98 Å². The molecule has 23 heavy (non-hydrogen) atoms. The third-order valence-corrected chi connectivity index (χ3v) is 3.59. The predicted octanol–water partition coefficient (Wildman–Crippen LogP) is 3.80. The molecule has 2 N–H and O–H groups in total. The van der Waals surface area contributed by atoms with Crippen LogP contribution in [0.15, 0.2) is 42.5 Å². The Hall–Kier alpha value is -2.53. The summed E-state index contributed by atoms with van der Waals surface area (Å²) in [5.41, 5.74) is 2.49. The molecule has 3 rings (SSSR count). The maximum absolute atomic E-state index is 12.0. The number of carbonyl (C=O) groups is 1. The fourth-order valence-corrected chi connectivity index (χ4v) is 2.31. The van der Waals surface area contributed by atoms with Crippen LogP contribution < -0.4 is 10.1 Å². The lowest BCUT2D eigenvalue weighted by atomic mass is 10.3. The van der Waals surface area contributed by atoms with Gasteiger partial charge in [-0.3, -0.25) is 4.79 Å². The van der Waals surface area contributed by atoms with Gasteiger partial charge in [0.2, 0.25) is 0 Å². The van der Waals surface area contributed by atoms with Crippen LogP contribution in [0.5, 0.6) is 5.75 Å². The van der Waals surface area contributed by atoms with Gasteiger partial charge in [-0.2, -0.15) is 0 Å². The minimum absolute atomic E-state index is 0.0666. The van der Waals surface area contributed by atoms with Crippen molar-refractivity contribution >= 4 is 34.2 Å². The first-order valence-electron chi connectivity index (χ1n) is 7.31. The maximum atomic E-state index is 12.0. The maximum Gasteiger partial charge on any atom is 0.262 e. The molecule has 1 aromatic heterocycles. The van der Waals surface area contributed by atoms with Gasteiger partial charge in [-0.15, -0.1) is 0 Å². The van der Waals surface area contributed by atoms with E-state index in [0.717, 1.165) is 23.3 Å². The average molecular weight is 330 g/mol. The number of imidazole rings is 1. The van der Waals surface area contributed by atoms with E-state index in [9.17, 15) is 4.79 Å². The van der Waals surface area contributed by atoms with Crippen molar-refractivity contribution in [3.8, 4) is 5.75 Å². The Labute approximate surface area is 138 Å². The van der Waals surface area contributed by atoms with Crippen LogP contribution in [0.3, 0.4) is 0 Å². The lowest BCUT2D eigenvalue weighted by Gasteiger charge is -2.07. The molecule has 2 aromatic carbocycles. The smallest absolute Gasteiger partial charge is 0.262 e. The summed E-state index contributed by atoms with van der Waals surface area (Å²) >= 11 is 5.80. The molecule has 0 fully saturated rings. The van der Waals surface area contributed by atoms with Crippen LogP contribution in [0.2, 0.25) is 5.02 Å². The highest BCUT2D eigenvalue weighted by atomic mass is 35.5. The fraction of sp³-hybridized carbons (Fsp3) is 0.176. The minimum atomic E-state index is -0.227. The molecule has 3 aromatic rings. The first-order chi connectivity index (χ1) is 11.1. The lowest BCUT2D eigenvalue weighted by molar-refractivity contribution is -0.118. The molecule has 0 saturated carbocycles. The van der Waals surface area contributed by atoms with Crippen LogP contribution >= 0.6 is 11.6 Å². The highest BCUT2D eigenvalue weighted by Gasteiger charge is 2.06. The third kappa shape index (κ3) is 3.81. The van der Waals surface area contributed by atoms with Crippen molar-refractivity contribution in [1.82, 2.24) is 9.97 Å². The molecular weight excluding hydrogens is 314 g/mol. The van der Waals surface area contributed by atoms with E-state index < -0.39 is 0 Å². The number of nitrogens with zero attached hydrogens (tertiary/aromatic N) is 1. The number of benzene rings is 2. The molecule has 1 amide bonds. The number of anilines is 1. The van der Waals surface area contributed by atoms with Gasteiger partial charge >= 0.3 is 0 Å². The lowest BCUT2D eigenvalue weighted by Crippen LogP contribution is -2.20. The van der Waals surface area contributed by atoms with E-state index in [1.165, 1.54) is 0 Å². The molecule has 0 bridgehead atoms. The number of carbonyl (C=O) groups excluding carboxylic acids is 1. The Morgan fingerprint density at radius 3 is 2.78 bits per heavy atom. The number of amides is 1. The Balaban J connectivity index is 1.61. The van der Waals surface area contributed by atoms with E-state index in [2.05, 4.69) is 15.3 Å². The molecule has 0 saturated heterocycles. The van der Waals surface area contributed by atoms with E-state index in [1.54, 1.807) is 24.3 Å². The summed E-state index contributed by atoms with van der Waals surface area (Å²) in [5.74, 6) is 1.30. The Morgan fingerprint density at radius 1 is 1.26 bits per heavy atom. The zero-order chi connectivity index (χ0) is 16.2. The molecule has 5 nitrogen and oxygen atoms in total. The topological polar surface area (TPSA) is 67.0 Å². The van der Waals surface area contributed by atoms with Gasteiger partial charge in [0, 0.05) is 17.1 Å². The number of H-pyrrole nitrogens is 1. The quantitative estimate of drug-likeness (QED) is 0.748. The van der Waals surface area contributed by atoms with Crippen molar-refractivity contribution in [2.75, 3.05) is 11.9 Å². The van der Waals surface area contributed by atoms with Gasteiger partial charge < -0.3 is 15.0 Å². The van der Waals surface area contributed by atoms with Crippen molar-refractivity contribution in [2.24, 2.45) is 0 Å². The van der Waals surface area contributed by atoms with Gasteiger partial charge in [-0.1, -0.05) is 18.5 Å². The highest BCUT2D eigenvalue weighted by molar-refractivity contribution is 6.30. The minimum Gasteiger partial charge on any atom is -0.484 e. The second-order valence-corrected chi connectivity index (χ2v) is 5.50. The summed E-state index contributed by atoms with van der Waals surface area (Å²) in [6.07, 6.45) is 0.839. The zero-order valence-corrected chi connectivity index (χ0v) is 13.4. The molecular formula is C17H16ClN3O2. The third-order valence-electron chi connectivity index (χ3n) is 3.33. The van der Waals surface area contributed by atoms with Gasteiger partial charge in [-0.05, 0) is 42.5 Å². The number of nitrogens with one attached hydrogen (secondary N) is 2. The normalized spacial score (nSPS) is 10.7. The number of aromatic nitrogens is 2. The van der Waals surface area contributed by atoms with Crippen LogP contribution in [0.4, 0.5) is 5.69 Å². The van der Waals surface area contributed by atoms with Crippen molar-refractivity contribution in [3.05, 3.63) is 53.3 Å². The summed E-state index contributed by atoms with van der Waals surface area (Å²) in [6, 6.07) is 12.4. The van der Waals surface area contributed by atoms with E-state index in [4.69, 9.17) is 16.3 Å². The molecule has 0 aliphatic rings. The number of aromatic amines is 1. The molecule has 0 aliphatic carbocycles. The van der Waals surface area contributed by atoms with Crippen molar-refractivity contribution in [1.29, 1.82) is 0 Å². The molecule has 0 unspecified atom stereocenters. The Bertz CT molecular complexity index is 827. The van der Waals surface area contributed by atoms with Crippen LogP contribution in [-0.4, -0.2) is 22.5 Å². The van der Waals surface area contributed by atoms with Gasteiger partial charge in [0.1, 0.15) is 11.6 Å².